The second-order valence-electron chi connectivity index (χ2n) is 8.06. The number of para-hydroxylation sites is 1. The molecule has 1 atom stereocenters. The smallest absolute Gasteiger partial charge is 0.253 e. The van der Waals surface area contributed by atoms with Gasteiger partial charge in [-0.05, 0) is 49.2 Å². The maximum Gasteiger partial charge on any atom is 0.253 e. The first-order valence-electron chi connectivity index (χ1n) is 10.9. The minimum absolute atomic E-state index is 0.132. The fraction of sp³-hybridized carbons (Fsp3) is 0.250. The summed E-state index contributed by atoms with van der Waals surface area (Å²) in [5.41, 5.74) is 1.71. The van der Waals surface area contributed by atoms with Gasteiger partial charge in [0.1, 0.15) is 29.1 Å². The van der Waals surface area contributed by atoms with Crippen molar-refractivity contribution in [2.24, 2.45) is 5.10 Å². The Labute approximate surface area is 194 Å². The number of hydrazone groups is 1. The van der Waals surface area contributed by atoms with Gasteiger partial charge in [-0.2, -0.15) is 5.10 Å². The van der Waals surface area contributed by atoms with E-state index in [1.54, 1.807) is 12.5 Å². The average Bonchev–Trinajstić information content (AvgIpc) is 3.34. The highest BCUT2D eigenvalue weighted by Crippen LogP contribution is 2.40. The topological polar surface area (TPSA) is 89.7 Å². The van der Waals surface area contributed by atoms with Crippen LogP contribution >= 0.6 is 11.8 Å². The van der Waals surface area contributed by atoms with E-state index in [0.717, 1.165) is 30.1 Å². The molecule has 9 heteroatoms. The monoisotopic (exact) mass is 459 g/mol. The minimum atomic E-state index is -0.301. The van der Waals surface area contributed by atoms with Gasteiger partial charge in [-0.25, -0.2) is 14.7 Å². The Balaban J connectivity index is 1.22. The van der Waals surface area contributed by atoms with E-state index < -0.39 is 0 Å². The van der Waals surface area contributed by atoms with Crippen LogP contribution in [0.1, 0.15) is 48.6 Å². The second kappa shape index (κ2) is 8.40. The van der Waals surface area contributed by atoms with E-state index in [9.17, 15) is 4.79 Å². The van der Waals surface area contributed by atoms with E-state index in [4.69, 9.17) is 18.9 Å². The van der Waals surface area contributed by atoms with Crippen molar-refractivity contribution in [2.75, 3.05) is 5.75 Å². The molecule has 1 saturated carbocycles. The minimum Gasteiger partial charge on any atom is -0.467 e. The normalized spacial score (nSPS) is 18.0. The van der Waals surface area contributed by atoms with Gasteiger partial charge in [0.05, 0.1) is 24.0 Å². The lowest BCUT2D eigenvalue weighted by atomic mass is 10.1. The first-order chi connectivity index (χ1) is 16.3. The summed E-state index contributed by atoms with van der Waals surface area (Å²) < 4.78 is 13.0. The molecule has 1 aliphatic heterocycles. The number of nitrogens with zero attached hydrogens (tertiary/aromatic N) is 5. The summed E-state index contributed by atoms with van der Waals surface area (Å²) in [6, 6.07) is 17.0. The van der Waals surface area contributed by atoms with Crippen LogP contribution in [0.3, 0.4) is 0 Å². The standard InChI is InChI=1S/C24H21N5O3S/c30-22(29-19(21-9-5-13-32-21)14-18(26-29)20-8-4-12-31-20)15-33-24-25-23(16-10-11-16)28(27-24)17-6-2-1-3-7-17/h1-9,12-13,16,19H,10-11,14-15H2. The molecule has 0 spiro atoms. The quantitative estimate of drug-likeness (QED) is 0.369. The molecule has 8 nitrogen and oxygen atoms in total. The summed E-state index contributed by atoms with van der Waals surface area (Å²) in [5, 5.41) is 11.4. The number of amides is 1. The van der Waals surface area contributed by atoms with Crippen molar-refractivity contribution in [3.63, 3.8) is 0 Å². The van der Waals surface area contributed by atoms with E-state index in [-0.39, 0.29) is 17.7 Å². The van der Waals surface area contributed by atoms with Gasteiger partial charge >= 0.3 is 0 Å². The van der Waals surface area contributed by atoms with E-state index in [0.29, 0.717) is 29.0 Å². The highest BCUT2D eigenvalue weighted by atomic mass is 32.2. The van der Waals surface area contributed by atoms with Crippen LogP contribution in [0, 0.1) is 0 Å². The molecule has 33 heavy (non-hydrogen) atoms. The molecule has 0 radical (unpaired) electrons. The molecule has 6 rings (SSSR count). The van der Waals surface area contributed by atoms with Gasteiger partial charge < -0.3 is 8.83 Å². The average molecular weight is 460 g/mol. The van der Waals surface area contributed by atoms with E-state index in [2.05, 4.69) is 5.10 Å². The first-order valence-corrected chi connectivity index (χ1v) is 11.9. The van der Waals surface area contributed by atoms with Crippen molar-refractivity contribution >= 4 is 23.4 Å². The number of carbonyl (C=O) groups is 1. The molecule has 1 unspecified atom stereocenters. The second-order valence-corrected chi connectivity index (χ2v) is 9.00. The van der Waals surface area contributed by atoms with Crippen molar-refractivity contribution in [1.29, 1.82) is 0 Å². The van der Waals surface area contributed by atoms with Crippen LogP contribution in [0.15, 0.2) is 86.2 Å². The molecule has 0 bridgehead atoms. The fourth-order valence-corrected chi connectivity index (χ4v) is 4.64. The molecule has 3 aromatic heterocycles. The molecular weight excluding hydrogens is 438 g/mol. The zero-order valence-electron chi connectivity index (χ0n) is 17.7. The molecule has 1 amide bonds. The molecule has 4 aromatic rings. The van der Waals surface area contributed by atoms with Crippen molar-refractivity contribution in [1.82, 2.24) is 19.8 Å². The number of hydrogen-bond acceptors (Lipinski definition) is 7. The van der Waals surface area contributed by atoms with Gasteiger partial charge in [0.25, 0.3) is 5.91 Å². The summed E-state index contributed by atoms with van der Waals surface area (Å²) >= 11 is 1.33. The predicted molar refractivity (Wildman–Crippen MR) is 122 cm³/mol. The van der Waals surface area contributed by atoms with Gasteiger partial charge in [0, 0.05) is 12.3 Å². The van der Waals surface area contributed by atoms with Crippen molar-refractivity contribution in [3.05, 3.63) is 84.5 Å². The van der Waals surface area contributed by atoms with Crippen molar-refractivity contribution in [2.45, 2.75) is 36.4 Å². The molecule has 1 aliphatic carbocycles. The van der Waals surface area contributed by atoms with Crippen LogP contribution in [0.5, 0.6) is 0 Å². The zero-order valence-corrected chi connectivity index (χ0v) is 18.5. The third-order valence-corrected chi connectivity index (χ3v) is 6.55. The third kappa shape index (κ3) is 4.00. The van der Waals surface area contributed by atoms with Gasteiger partial charge in [0.2, 0.25) is 5.16 Å². The first kappa shape index (κ1) is 20.0. The predicted octanol–water partition coefficient (Wildman–Crippen LogP) is 4.80. The third-order valence-electron chi connectivity index (χ3n) is 5.72. The molecule has 1 aromatic carbocycles. The summed E-state index contributed by atoms with van der Waals surface area (Å²) in [6.07, 6.45) is 5.99. The number of carbonyl (C=O) groups excluding carboxylic acids is 1. The SMILES string of the molecule is O=C(CSc1nc(C2CC2)n(-c2ccccc2)n1)N1N=C(c2ccco2)CC1c1ccco1. The maximum atomic E-state index is 13.2. The Morgan fingerprint density at radius 2 is 1.85 bits per heavy atom. The van der Waals surface area contributed by atoms with Crippen LogP contribution in [-0.2, 0) is 4.79 Å². The Morgan fingerprint density at radius 3 is 2.58 bits per heavy atom. The molecule has 1 fully saturated rings. The lowest BCUT2D eigenvalue weighted by Crippen LogP contribution is -2.28. The number of rotatable bonds is 7. The van der Waals surface area contributed by atoms with Gasteiger partial charge in [-0.3, -0.25) is 4.79 Å². The molecular formula is C24H21N5O3S. The maximum absolute atomic E-state index is 13.2. The zero-order chi connectivity index (χ0) is 22.2. The van der Waals surface area contributed by atoms with Gasteiger partial charge in [-0.1, -0.05) is 30.0 Å². The molecule has 0 N–H and O–H groups in total. The number of furan rings is 2. The molecule has 0 saturated heterocycles. The van der Waals surface area contributed by atoms with Crippen LogP contribution in [0.4, 0.5) is 0 Å². The number of benzene rings is 1. The highest BCUT2D eigenvalue weighted by molar-refractivity contribution is 7.99. The number of hydrogen-bond donors (Lipinski definition) is 0. The summed E-state index contributed by atoms with van der Waals surface area (Å²) in [4.78, 5) is 18.0. The summed E-state index contributed by atoms with van der Waals surface area (Å²) in [5.74, 6) is 2.80. The lowest BCUT2D eigenvalue weighted by molar-refractivity contribution is -0.130. The van der Waals surface area contributed by atoms with Crippen LogP contribution in [-0.4, -0.2) is 37.1 Å². The van der Waals surface area contributed by atoms with Crippen LogP contribution in [0.25, 0.3) is 5.69 Å². The van der Waals surface area contributed by atoms with Gasteiger partial charge in [0.15, 0.2) is 0 Å². The Kier molecular flexibility index (Phi) is 5.10. The fourth-order valence-electron chi connectivity index (χ4n) is 3.96. The number of thioether (sulfide) groups is 1. The van der Waals surface area contributed by atoms with Crippen LogP contribution < -0.4 is 0 Å². The van der Waals surface area contributed by atoms with E-state index in [1.807, 2.05) is 59.3 Å². The summed E-state index contributed by atoms with van der Waals surface area (Å²) in [6.45, 7) is 0. The largest absolute Gasteiger partial charge is 0.467 e. The molecule has 4 heterocycles. The van der Waals surface area contributed by atoms with Crippen molar-refractivity contribution in [3.8, 4) is 5.69 Å². The summed E-state index contributed by atoms with van der Waals surface area (Å²) in [7, 11) is 0. The number of aromatic nitrogens is 3. The molecule has 166 valence electrons. The Morgan fingerprint density at radius 1 is 1.03 bits per heavy atom. The lowest BCUT2D eigenvalue weighted by Gasteiger charge is -2.19. The Bertz CT molecular complexity index is 1280. The van der Waals surface area contributed by atoms with Gasteiger partial charge in [-0.15, -0.1) is 5.10 Å². The van der Waals surface area contributed by atoms with Crippen molar-refractivity contribution < 1.29 is 13.6 Å². The van der Waals surface area contributed by atoms with Crippen LogP contribution in [0.2, 0.25) is 0 Å². The van der Waals surface area contributed by atoms with E-state index in [1.165, 1.54) is 16.8 Å². The Hall–Kier alpha value is -3.59. The van der Waals surface area contributed by atoms with E-state index >= 15 is 0 Å². The molecule has 2 aliphatic rings. The highest BCUT2D eigenvalue weighted by Gasteiger charge is 2.36.